The highest BCUT2D eigenvalue weighted by Crippen LogP contribution is 2.42. The predicted octanol–water partition coefficient (Wildman–Crippen LogP) is 4.55. The number of hydrogen-bond donors (Lipinski definition) is 1. The van der Waals surface area contributed by atoms with Crippen LogP contribution in [0.5, 0.6) is 5.75 Å². The van der Waals surface area contributed by atoms with Crippen molar-refractivity contribution in [2.75, 3.05) is 5.32 Å². The molecular weight excluding hydrogens is 398 g/mol. The second-order valence-electron chi connectivity index (χ2n) is 7.46. The Hall–Kier alpha value is -3.52. The zero-order valence-electron chi connectivity index (χ0n) is 15.9. The zero-order valence-corrected chi connectivity index (χ0v) is 16.7. The van der Waals surface area contributed by atoms with Crippen LogP contribution >= 0.6 is 11.3 Å². The number of carbonyl (C=O) groups is 1. The van der Waals surface area contributed by atoms with Crippen LogP contribution in [0.1, 0.15) is 34.1 Å². The molecule has 4 aromatic rings. The third-order valence-electron chi connectivity index (χ3n) is 5.31. The SMILES string of the molecule is O=C(Nc1cccc(-c2nnnn2C2CC2)c1)c1cc2c(s1)-c1ccccc1OC2. The summed E-state index contributed by atoms with van der Waals surface area (Å²) in [6.45, 7) is 0.482. The summed E-state index contributed by atoms with van der Waals surface area (Å²) in [5.74, 6) is 1.46. The Balaban J connectivity index is 1.27. The van der Waals surface area contributed by atoms with Crippen LogP contribution in [0.25, 0.3) is 21.8 Å². The third kappa shape index (κ3) is 2.96. The number of para-hydroxylation sites is 1. The Morgan fingerprint density at radius 3 is 2.93 bits per heavy atom. The summed E-state index contributed by atoms with van der Waals surface area (Å²) in [5, 5.41) is 15.1. The van der Waals surface area contributed by atoms with E-state index in [1.54, 1.807) is 0 Å². The van der Waals surface area contributed by atoms with E-state index < -0.39 is 0 Å². The molecule has 1 aliphatic heterocycles. The Kier molecular flexibility index (Phi) is 3.92. The third-order valence-corrected chi connectivity index (χ3v) is 6.52. The van der Waals surface area contributed by atoms with Crippen molar-refractivity contribution in [2.24, 2.45) is 0 Å². The number of anilines is 1. The summed E-state index contributed by atoms with van der Waals surface area (Å²) in [5.41, 5.74) is 3.68. The van der Waals surface area contributed by atoms with Gasteiger partial charge in [0.1, 0.15) is 12.4 Å². The fourth-order valence-corrected chi connectivity index (χ4v) is 4.78. The van der Waals surface area contributed by atoms with Gasteiger partial charge in [-0.2, -0.15) is 0 Å². The van der Waals surface area contributed by atoms with Crippen molar-refractivity contribution in [3.8, 4) is 27.6 Å². The molecule has 0 spiro atoms. The number of nitrogens with zero attached hydrogens (tertiary/aromatic N) is 4. The maximum Gasteiger partial charge on any atom is 0.265 e. The minimum absolute atomic E-state index is 0.134. The highest BCUT2D eigenvalue weighted by molar-refractivity contribution is 7.17. The molecule has 3 heterocycles. The van der Waals surface area contributed by atoms with Crippen LogP contribution in [0.15, 0.2) is 54.6 Å². The summed E-state index contributed by atoms with van der Waals surface area (Å²) in [6, 6.07) is 17.9. The molecule has 0 unspecified atom stereocenters. The van der Waals surface area contributed by atoms with Gasteiger partial charge < -0.3 is 10.1 Å². The van der Waals surface area contributed by atoms with E-state index in [4.69, 9.17) is 4.74 Å². The normalized spacial score (nSPS) is 14.5. The number of ether oxygens (including phenoxy) is 1. The van der Waals surface area contributed by atoms with Crippen LogP contribution in [0, 0.1) is 0 Å². The second-order valence-corrected chi connectivity index (χ2v) is 8.52. The average Bonchev–Trinajstić information content (AvgIpc) is 3.33. The van der Waals surface area contributed by atoms with Gasteiger partial charge in [-0.15, -0.1) is 16.4 Å². The van der Waals surface area contributed by atoms with E-state index >= 15 is 0 Å². The molecule has 1 saturated carbocycles. The fraction of sp³-hybridized carbons (Fsp3) is 0.182. The predicted molar refractivity (Wildman–Crippen MR) is 114 cm³/mol. The molecular formula is C22H17N5O2S. The van der Waals surface area contributed by atoms with Crippen LogP contribution in [-0.2, 0) is 6.61 Å². The van der Waals surface area contributed by atoms with Crippen molar-refractivity contribution in [1.82, 2.24) is 20.2 Å². The molecule has 1 aliphatic carbocycles. The molecule has 30 heavy (non-hydrogen) atoms. The van der Waals surface area contributed by atoms with Crippen molar-refractivity contribution < 1.29 is 9.53 Å². The zero-order chi connectivity index (χ0) is 20.1. The monoisotopic (exact) mass is 415 g/mol. The summed E-state index contributed by atoms with van der Waals surface area (Å²) in [6.07, 6.45) is 2.20. The molecule has 6 rings (SSSR count). The Morgan fingerprint density at radius 1 is 1.13 bits per heavy atom. The lowest BCUT2D eigenvalue weighted by atomic mass is 10.1. The Labute approximate surface area is 176 Å². The molecule has 7 nitrogen and oxygen atoms in total. The molecule has 0 saturated heterocycles. The smallest absolute Gasteiger partial charge is 0.265 e. The number of hydrogen-bond acceptors (Lipinski definition) is 6. The van der Waals surface area contributed by atoms with E-state index in [0.29, 0.717) is 23.2 Å². The molecule has 0 bridgehead atoms. The number of carbonyl (C=O) groups excluding carboxylic acids is 1. The van der Waals surface area contributed by atoms with Crippen molar-refractivity contribution in [2.45, 2.75) is 25.5 Å². The standard InChI is InChI=1S/C22H17N5O2S/c28-22(19-11-14-12-29-18-7-2-1-6-17(18)20(14)30-19)23-15-5-3-4-13(10-15)21-24-25-26-27(21)16-8-9-16/h1-7,10-11,16H,8-9,12H2,(H,23,28). The van der Waals surface area contributed by atoms with Gasteiger partial charge in [-0.3, -0.25) is 4.79 Å². The largest absolute Gasteiger partial charge is 0.488 e. The van der Waals surface area contributed by atoms with Crippen molar-refractivity contribution in [3.63, 3.8) is 0 Å². The van der Waals surface area contributed by atoms with Gasteiger partial charge in [0.15, 0.2) is 5.82 Å². The van der Waals surface area contributed by atoms with Gasteiger partial charge in [-0.1, -0.05) is 24.3 Å². The summed E-state index contributed by atoms with van der Waals surface area (Å²) in [4.78, 5) is 14.7. The van der Waals surface area contributed by atoms with Gasteiger partial charge in [0.05, 0.1) is 10.9 Å². The first kappa shape index (κ1) is 17.3. The second kappa shape index (κ2) is 6.77. The number of thiophene rings is 1. The van der Waals surface area contributed by atoms with Gasteiger partial charge >= 0.3 is 0 Å². The number of nitrogens with one attached hydrogen (secondary N) is 1. The maximum atomic E-state index is 12.9. The number of fused-ring (bicyclic) bond motifs is 3. The lowest BCUT2D eigenvalue weighted by Gasteiger charge is -2.16. The van der Waals surface area contributed by atoms with E-state index in [1.807, 2.05) is 59.3 Å². The Morgan fingerprint density at radius 2 is 2.03 bits per heavy atom. The molecule has 1 fully saturated rings. The fourth-order valence-electron chi connectivity index (χ4n) is 3.69. The molecule has 1 N–H and O–H groups in total. The van der Waals surface area contributed by atoms with Crippen molar-refractivity contribution in [1.29, 1.82) is 0 Å². The van der Waals surface area contributed by atoms with E-state index in [0.717, 1.165) is 46.0 Å². The molecule has 148 valence electrons. The van der Waals surface area contributed by atoms with Gasteiger partial charge in [0.25, 0.3) is 5.91 Å². The van der Waals surface area contributed by atoms with Crippen molar-refractivity contribution in [3.05, 3.63) is 65.0 Å². The minimum Gasteiger partial charge on any atom is -0.488 e. The Bertz CT molecular complexity index is 1270. The summed E-state index contributed by atoms with van der Waals surface area (Å²) < 4.78 is 7.67. The maximum absolute atomic E-state index is 12.9. The molecule has 2 aromatic carbocycles. The van der Waals surface area contributed by atoms with Crippen LogP contribution in [0.3, 0.4) is 0 Å². The van der Waals surface area contributed by atoms with E-state index in [-0.39, 0.29) is 5.91 Å². The molecule has 2 aliphatic rings. The minimum atomic E-state index is -0.134. The van der Waals surface area contributed by atoms with E-state index in [9.17, 15) is 4.79 Å². The van der Waals surface area contributed by atoms with E-state index in [1.165, 1.54) is 11.3 Å². The first-order valence-corrected chi connectivity index (χ1v) is 10.6. The van der Waals surface area contributed by atoms with Gasteiger partial charge in [-0.05, 0) is 53.6 Å². The van der Waals surface area contributed by atoms with Gasteiger partial charge in [0, 0.05) is 27.3 Å². The van der Waals surface area contributed by atoms with Crippen LogP contribution in [0.4, 0.5) is 5.69 Å². The number of amides is 1. The summed E-state index contributed by atoms with van der Waals surface area (Å²) in [7, 11) is 0. The molecule has 1 amide bonds. The van der Waals surface area contributed by atoms with Crippen molar-refractivity contribution >= 4 is 22.9 Å². The van der Waals surface area contributed by atoms with Crippen LogP contribution in [-0.4, -0.2) is 26.1 Å². The molecule has 2 aromatic heterocycles. The highest BCUT2D eigenvalue weighted by Gasteiger charge is 2.28. The van der Waals surface area contributed by atoms with Gasteiger partial charge in [0.2, 0.25) is 0 Å². The molecule has 8 heteroatoms. The lowest BCUT2D eigenvalue weighted by molar-refractivity contribution is 0.103. The number of tetrazole rings is 1. The number of rotatable bonds is 4. The number of aromatic nitrogens is 4. The van der Waals surface area contributed by atoms with Gasteiger partial charge in [-0.25, -0.2) is 4.68 Å². The quantitative estimate of drug-likeness (QED) is 0.529. The first-order valence-electron chi connectivity index (χ1n) is 9.81. The topological polar surface area (TPSA) is 81.9 Å². The summed E-state index contributed by atoms with van der Waals surface area (Å²) >= 11 is 1.49. The average molecular weight is 415 g/mol. The highest BCUT2D eigenvalue weighted by atomic mass is 32.1. The van der Waals surface area contributed by atoms with Crippen LogP contribution in [0.2, 0.25) is 0 Å². The molecule has 0 radical (unpaired) electrons. The molecule has 0 atom stereocenters. The number of benzene rings is 2. The first-order chi connectivity index (χ1) is 14.8. The van der Waals surface area contributed by atoms with E-state index in [2.05, 4.69) is 20.8 Å². The van der Waals surface area contributed by atoms with Crippen LogP contribution < -0.4 is 10.1 Å². The lowest BCUT2D eigenvalue weighted by Crippen LogP contribution is -2.10.